The minimum Gasteiger partial charge on any atom is -0.441 e. The van der Waals surface area contributed by atoms with E-state index in [1.807, 2.05) is 18.2 Å². The van der Waals surface area contributed by atoms with E-state index in [0.717, 1.165) is 33.6 Å². The first-order valence-corrected chi connectivity index (χ1v) is 7.16. The van der Waals surface area contributed by atoms with Crippen molar-refractivity contribution in [2.45, 2.75) is 12.8 Å². The van der Waals surface area contributed by atoms with Gasteiger partial charge in [0.05, 0.1) is 6.20 Å². The van der Waals surface area contributed by atoms with Crippen LogP contribution in [0.4, 0.5) is 0 Å². The number of oxazole rings is 1. The van der Waals surface area contributed by atoms with Crippen molar-refractivity contribution in [3.8, 4) is 11.3 Å². The summed E-state index contributed by atoms with van der Waals surface area (Å²) in [4.78, 5) is 4.23. The Morgan fingerprint density at radius 2 is 2.18 bits per heavy atom. The van der Waals surface area contributed by atoms with Gasteiger partial charge in [0.15, 0.2) is 11.7 Å². The Morgan fingerprint density at radius 1 is 1.35 bits per heavy atom. The van der Waals surface area contributed by atoms with Crippen molar-refractivity contribution < 1.29 is 4.42 Å². The highest BCUT2D eigenvalue weighted by Gasteiger charge is 2.10. The maximum absolute atomic E-state index is 5.97. The summed E-state index contributed by atoms with van der Waals surface area (Å²) in [6.45, 7) is 0. The molecule has 1 aromatic heterocycles. The van der Waals surface area contributed by atoms with Crippen LogP contribution >= 0.6 is 45.8 Å². The Morgan fingerprint density at radius 3 is 2.94 bits per heavy atom. The Kier molecular flexibility index (Phi) is 4.70. The van der Waals surface area contributed by atoms with Crippen LogP contribution < -0.4 is 0 Å². The van der Waals surface area contributed by atoms with Crippen molar-refractivity contribution in [2.75, 3.05) is 5.88 Å². The van der Waals surface area contributed by atoms with Crippen LogP contribution in [0.3, 0.4) is 0 Å². The second-order valence-corrected chi connectivity index (χ2v) is 5.51. The van der Waals surface area contributed by atoms with E-state index in [2.05, 4.69) is 27.6 Å². The van der Waals surface area contributed by atoms with Gasteiger partial charge in [-0.15, -0.1) is 11.6 Å². The average Bonchev–Trinajstić information content (AvgIpc) is 2.78. The fourth-order valence-corrected chi connectivity index (χ4v) is 2.36. The molecule has 0 aliphatic carbocycles. The first-order chi connectivity index (χ1) is 8.20. The molecular weight excluding hydrogens is 372 g/mol. The highest BCUT2D eigenvalue weighted by molar-refractivity contribution is 14.1. The van der Waals surface area contributed by atoms with E-state index in [0.29, 0.717) is 10.9 Å². The summed E-state index contributed by atoms with van der Waals surface area (Å²) in [6.07, 6.45) is 3.37. The molecule has 0 fully saturated rings. The van der Waals surface area contributed by atoms with Crippen LogP contribution in [0.2, 0.25) is 5.02 Å². The molecule has 0 amide bonds. The molecule has 0 saturated heterocycles. The SMILES string of the molecule is ClCCCc1ncc(-c2cc(Cl)ccc2I)o1. The summed E-state index contributed by atoms with van der Waals surface area (Å²) < 4.78 is 6.76. The van der Waals surface area contributed by atoms with Gasteiger partial charge < -0.3 is 4.42 Å². The van der Waals surface area contributed by atoms with Gasteiger partial charge in [-0.1, -0.05) is 11.6 Å². The van der Waals surface area contributed by atoms with Crippen LogP contribution in [0.15, 0.2) is 28.8 Å². The Balaban J connectivity index is 2.27. The van der Waals surface area contributed by atoms with E-state index in [4.69, 9.17) is 27.6 Å². The maximum atomic E-state index is 5.97. The Bertz CT molecular complexity index is 513. The molecule has 90 valence electrons. The molecule has 0 unspecified atom stereocenters. The second-order valence-electron chi connectivity index (χ2n) is 3.53. The minimum atomic E-state index is 0.617. The van der Waals surface area contributed by atoms with Gasteiger partial charge in [0.2, 0.25) is 0 Å². The molecule has 0 bridgehead atoms. The Hall–Kier alpha value is -0.260. The normalized spacial score (nSPS) is 10.8. The summed E-state index contributed by atoms with van der Waals surface area (Å²) in [7, 11) is 0. The molecule has 5 heteroatoms. The second kappa shape index (κ2) is 6.07. The molecule has 0 saturated carbocycles. The molecular formula is C12H10Cl2INO. The number of aryl methyl sites for hydroxylation is 1. The van der Waals surface area contributed by atoms with E-state index in [-0.39, 0.29) is 0 Å². The first kappa shape index (κ1) is 13.2. The van der Waals surface area contributed by atoms with Crippen LogP contribution in [0.1, 0.15) is 12.3 Å². The number of aromatic nitrogens is 1. The lowest BCUT2D eigenvalue weighted by molar-refractivity contribution is 0.503. The van der Waals surface area contributed by atoms with Crippen LogP contribution in [-0.2, 0) is 6.42 Å². The zero-order valence-corrected chi connectivity index (χ0v) is 12.6. The van der Waals surface area contributed by atoms with E-state index >= 15 is 0 Å². The molecule has 1 aromatic carbocycles. The number of benzene rings is 1. The van der Waals surface area contributed by atoms with Gasteiger partial charge in [-0.2, -0.15) is 0 Å². The molecule has 0 atom stereocenters. The summed E-state index contributed by atoms with van der Waals surface area (Å²) in [6, 6.07) is 5.70. The zero-order valence-electron chi connectivity index (χ0n) is 8.92. The highest BCUT2D eigenvalue weighted by atomic mass is 127. The number of hydrogen-bond acceptors (Lipinski definition) is 2. The highest BCUT2D eigenvalue weighted by Crippen LogP contribution is 2.28. The topological polar surface area (TPSA) is 26.0 Å². The maximum Gasteiger partial charge on any atom is 0.194 e. The van der Waals surface area contributed by atoms with E-state index < -0.39 is 0 Å². The summed E-state index contributed by atoms with van der Waals surface area (Å²) in [5.74, 6) is 2.09. The average molecular weight is 382 g/mol. The van der Waals surface area contributed by atoms with Gasteiger partial charge in [-0.25, -0.2) is 4.98 Å². The zero-order chi connectivity index (χ0) is 12.3. The molecule has 0 radical (unpaired) electrons. The van der Waals surface area contributed by atoms with Gasteiger partial charge >= 0.3 is 0 Å². The quantitative estimate of drug-likeness (QED) is 0.563. The Labute approximate surface area is 123 Å². The van der Waals surface area contributed by atoms with Gasteiger partial charge in [0, 0.05) is 26.5 Å². The van der Waals surface area contributed by atoms with Crippen molar-refractivity contribution >= 4 is 45.8 Å². The third-order valence-corrected chi connectivity index (χ3v) is 3.71. The van der Waals surface area contributed by atoms with Gasteiger partial charge in [-0.3, -0.25) is 0 Å². The van der Waals surface area contributed by atoms with Crippen molar-refractivity contribution in [1.29, 1.82) is 0 Å². The smallest absolute Gasteiger partial charge is 0.194 e. The lowest BCUT2D eigenvalue weighted by Crippen LogP contribution is -1.84. The van der Waals surface area contributed by atoms with Crippen molar-refractivity contribution in [3.63, 3.8) is 0 Å². The molecule has 2 aromatic rings. The number of hydrogen-bond donors (Lipinski definition) is 0. The van der Waals surface area contributed by atoms with Crippen LogP contribution in [0.5, 0.6) is 0 Å². The van der Waals surface area contributed by atoms with Crippen LogP contribution in [0.25, 0.3) is 11.3 Å². The molecule has 2 nitrogen and oxygen atoms in total. The lowest BCUT2D eigenvalue weighted by Gasteiger charge is -2.00. The monoisotopic (exact) mass is 381 g/mol. The van der Waals surface area contributed by atoms with Crippen LogP contribution in [0, 0.1) is 3.57 Å². The van der Waals surface area contributed by atoms with Crippen molar-refractivity contribution in [2.24, 2.45) is 0 Å². The molecule has 0 aliphatic rings. The van der Waals surface area contributed by atoms with Gasteiger partial charge in [0.25, 0.3) is 0 Å². The van der Waals surface area contributed by atoms with Crippen molar-refractivity contribution in [1.82, 2.24) is 4.98 Å². The molecule has 0 spiro atoms. The van der Waals surface area contributed by atoms with Crippen LogP contribution in [-0.4, -0.2) is 10.9 Å². The molecule has 17 heavy (non-hydrogen) atoms. The first-order valence-electron chi connectivity index (χ1n) is 5.17. The minimum absolute atomic E-state index is 0.617. The number of nitrogens with zero attached hydrogens (tertiary/aromatic N) is 1. The largest absolute Gasteiger partial charge is 0.441 e. The third-order valence-electron chi connectivity index (χ3n) is 2.27. The van der Waals surface area contributed by atoms with E-state index in [1.165, 1.54) is 0 Å². The lowest BCUT2D eigenvalue weighted by atomic mass is 10.2. The van der Waals surface area contributed by atoms with Gasteiger partial charge in [-0.05, 0) is 47.2 Å². The summed E-state index contributed by atoms with van der Waals surface area (Å²) in [5, 5.41) is 0.694. The predicted octanol–water partition coefficient (Wildman–Crippen LogP) is 4.77. The number of alkyl halides is 1. The summed E-state index contributed by atoms with van der Waals surface area (Å²) >= 11 is 13.9. The van der Waals surface area contributed by atoms with Gasteiger partial charge in [0.1, 0.15) is 0 Å². The fraction of sp³-hybridized carbons (Fsp3) is 0.250. The predicted molar refractivity (Wildman–Crippen MR) is 78.7 cm³/mol. The van der Waals surface area contributed by atoms with E-state index in [9.17, 15) is 0 Å². The molecule has 1 heterocycles. The number of halogens is 3. The molecule has 2 rings (SSSR count). The molecule has 0 aliphatic heterocycles. The molecule has 0 N–H and O–H groups in total. The summed E-state index contributed by atoms with van der Waals surface area (Å²) in [5.41, 5.74) is 0.975. The fourth-order valence-electron chi connectivity index (χ4n) is 1.45. The number of rotatable bonds is 4. The standard InChI is InChI=1S/C12H10Cl2INO/c13-5-1-2-12-16-7-11(17-12)9-6-8(14)3-4-10(9)15/h3-4,6-7H,1-2,5H2. The van der Waals surface area contributed by atoms with E-state index in [1.54, 1.807) is 6.20 Å². The third kappa shape index (κ3) is 3.36. The van der Waals surface area contributed by atoms with Crippen molar-refractivity contribution in [3.05, 3.63) is 38.9 Å².